The van der Waals surface area contributed by atoms with Crippen molar-refractivity contribution in [2.24, 2.45) is 24.3 Å². The Morgan fingerprint density at radius 2 is 1.61 bits per heavy atom. The molecule has 0 aliphatic heterocycles. The van der Waals surface area contributed by atoms with Crippen LogP contribution in [0, 0.1) is 24.2 Å². The van der Waals surface area contributed by atoms with Crippen LogP contribution in [0.25, 0.3) is 11.3 Å². The van der Waals surface area contributed by atoms with Crippen LogP contribution in [-0.4, -0.2) is 0 Å². The van der Waals surface area contributed by atoms with E-state index in [0.29, 0.717) is 5.41 Å². The number of hydrogen-bond donors (Lipinski definition) is 0. The van der Waals surface area contributed by atoms with Crippen molar-refractivity contribution in [1.82, 2.24) is 0 Å². The summed E-state index contributed by atoms with van der Waals surface area (Å²) in [6.45, 7) is 9.24. The normalized spacial score (nSPS) is 20.4. The van der Waals surface area contributed by atoms with Crippen LogP contribution in [0.2, 0.25) is 0 Å². The second-order valence-electron chi connectivity index (χ2n) is 10.8. The van der Waals surface area contributed by atoms with E-state index in [0.717, 1.165) is 18.3 Å². The minimum Gasteiger partial charge on any atom is -0.201 e. The third-order valence-corrected chi connectivity index (χ3v) is 7.03. The zero-order valence-corrected chi connectivity index (χ0v) is 18.6. The lowest BCUT2D eigenvalue weighted by atomic mass is 9.79. The van der Waals surface area contributed by atoms with Gasteiger partial charge < -0.3 is 0 Å². The van der Waals surface area contributed by atoms with Crippen molar-refractivity contribution in [3.63, 3.8) is 0 Å². The maximum Gasteiger partial charge on any atom is 0.212 e. The summed E-state index contributed by atoms with van der Waals surface area (Å²) in [4.78, 5) is 0. The number of rotatable bonds is 3. The van der Waals surface area contributed by atoms with Gasteiger partial charge in [-0.1, -0.05) is 58.9 Å². The van der Waals surface area contributed by atoms with Crippen molar-refractivity contribution in [1.29, 1.82) is 0 Å². The first-order valence-corrected chi connectivity index (χ1v) is 11.4. The summed E-state index contributed by atoms with van der Waals surface area (Å²) < 4.78 is 2.34. The smallest absolute Gasteiger partial charge is 0.201 e. The Bertz CT molecular complexity index is 849. The lowest BCUT2D eigenvalue weighted by Crippen LogP contribution is -2.32. The molecule has 2 aromatic rings. The van der Waals surface area contributed by atoms with E-state index in [4.69, 9.17) is 0 Å². The first-order valence-electron chi connectivity index (χ1n) is 11.4. The molecule has 2 aliphatic carbocycles. The molecule has 28 heavy (non-hydrogen) atoms. The molecular formula is C27H38N+. The molecule has 150 valence electrons. The monoisotopic (exact) mass is 376 g/mol. The predicted molar refractivity (Wildman–Crippen MR) is 118 cm³/mol. The molecule has 1 aromatic heterocycles. The van der Waals surface area contributed by atoms with Gasteiger partial charge in [0.1, 0.15) is 7.05 Å². The van der Waals surface area contributed by atoms with E-state index in [-0.39, 0.29) is 0 Å². The van der Waals surface area contributed by atoms with Gasteiger partial charge in [0.2, 0.25) is 5.69 Å². The number of aromatic nitrogens is 1. The van der Waals surface area contributed by atoms with Crippen molar-refractivity contribution >= 4 is 0 Å². The van der Waals surface area contributed by atoms with E-state index in [9.17, 15) is 0 Å². The summed E-state index contributed by atoms with van der Waals surface area (Å²) in [7, 11) is 2.21. The predicted octanol–water partition coefficient (Wildman–Crippen LogP) is 6.37. The van der Waals surface area contributed by atoms with E-state index in [1.165, 1.54) is 67.3 Å². The second-order valence-corrected chi connectivity index (χ2v) is 10.8. The Balaban J connectivity index is 1.59. The first kappa shape index (κ1) is 19.7. The van der Waals surface area contributed by atoms with Gasteiger partial charge in [-0.15, -0.1) is 0 Å². The molecule has 1 aromatic carbocycles. The van der Waals surface area contributed by atoms with Gasteiger partial charge >= 0.3 is 0 Å². The van der Waals surface area contributed by atoms with E-state index >= 15 is 0 Å². The molecule has 0 radical (unpaired) electrons. The van der Waals surface area contributed by atoms with Crippen LogP contribution in [0.5, 0.6) is 0 Å². The third kappa shape index (κ3) is 4.19. The fourth-order valence-corrected chi connectivity index (χ4v) is 5.71. The molecule has 0 spiro atoms. The van der Waals surface area contributed by atoms with E-state index in [1.807, 2.05) is 0 Å². The summed E-state index contributed by atoms with van der Waals surface area (Å²) in [5.41, 5.74) is 9.20. The zero-order chi connectivity index (χ0) is 19.9. The third-order valence-electron chi connectivity index (χ3n) is 7.03. The van der Waals surface area contributed by atoms with Crippen LogP contribution < -0.4 is 4.57 Å². The molecule has 4 rings (SSSR count). The SMILES string of the molecule is Cc1cc2c(cc1-c1ccc(CC(C)(C)C)c[n+]1C)CC(C1CCCCC1)C2. The number of aryl methyl sites for hydroxylation is 2. The van der Waals surface area contributed by atoms with Crippen molar-refractivity contribution in [3.8, 4) is 11.3 Å². The molecule has 2 aliphatic rings. The molecule has 1 heterocycles. The molecule has 1 unspecified atom stereocenters. The summed E-state index contributed by atoms with van der Waals surface area (Å²) in [6, 6.07) is 9.68. The maximum absolute atomic E-state index is 2.52. The second kappa shape index (κ2) is 7.65. The van der Waals surface area contributed by atoms with Gasteiger partial charge in [0.25, 0.3) is 0 Å². The maximum atomic E-state index is 2.52. The number of fused-ring (bicyclic) bond motifs is 1. The lowest BCUT2D eigenvalue weighted by Gasteiger charge is -2.27. The topological polar surface area (TPSA) is 3.88 Å². The van der Waals surface area contributed by atoms with Gasteiger partial charge in [-0.2, -0.15) is 0 Å². The van der Waals surface area contributed by atoms with Gasteiger partial charge in [-0.3, -0.25) is 0 Å². The van der Waals surface area contributed by atoms with Crippen LogP contribution in [-0.2, 0) is 26.3 Å². The molecule has 1 saturated carbocycles. The average Bonchev–Trinajstić information content (AvgIpc) is 3.04. The van der Waals surface area contributed by atoms with Gasteiger partial charge in [-0.05, 0) is 72.3 Å². The number of nitrogens with zero attached hydrogens (tertiary/aromatic N) is 1. The van der Waals surface area contributed by atoms with Crippen LogP contribution in [0.1, 0.15) is 75.1 Å². The highest BCUT2D eigenvalue weighted by Gasteiger charge is 2.30. The largest absolute Gasteiger partial charge is 0.212 e. The molecule has 0 saturated heterocycles. The quantitative estimate of drug-likeness (QED) is 0.548. The Kier molecular flexibility index (Phi) is 5.38. The highest BCUT2D eigenvalue weighted by molar-refractivity contribution is 5.64. The summed E-state index contributed by atoms with van der Waals surface area (Å²) in [5.74, 6) is 1.87. The molecule has 1 atom stereocenters. The van der Waals surface area contributed by atoms with Gasteiger partial charge in [0.05, 0.1) is 0 Å². The van der Waals surface area contributed by atoms with Gasteiger partial charge in [0.15, 0.2) is 6.20 Å². The van der Waals surface area contributed by atoms with E-state index < -0.39 is 0 Å². The van der Waals surface area contributed by atoms with Crippen molar-refractivity contribution < 1.29 is 4.57 Å². The standard InChI is InChI=1S/C27H38N/c1-19-13-22-14-23(21-9-7-6-8-10-21)15-24(22)16-25(19)26-12-11-20(18-28(26)5)17-27(2,3)4/h11-13,16,18,21,23H,6-10,14-15,17H2,1-5H3/q+1. The average molecular weight is 377 g/mol. The van der Waals surface area contributed by atoms with E-state index in [2.05, 4.69) is 69.8 Å². The highest BCUT2D eigenvalue weighted by Crippen LogP contribution is 2.40. The molecular weight excluding hydrogens is 338 g/mol. The van der Waals surface area contributed by atoms with Crippen LogP contribution in [0.15, 0.2) is 30.5 Å². The molecule has 0 N–H and O–H groups in total. The van der Waals surface area contributed by atoms with Crippen molar-refractivity contribution in [2.45, 2.75) is 79.1 Å². The Morgan fingerprint density at radius 3 is 2.25 bits per heavy atom. The van der Waals surface area contributed by atoms with Gasteiger partial charge in [0, 0.05) is 17.2 Å². The molecule has 1 nitrogen and oxygen atoms in total. The fraction of sp³-hybridized carbons (Fsp3) is 0.593. The molecule has 0 bridgehead atoms. The van der Waals surface area contributed by atoms with Crippen molar-refractivity contribution in [2.75, 3.05) is 0 Å². The Hall–Kier alpha value is -1.63. The zero-order valence-electron chi connectivity index (χ0n) is 18.6. The summed E-state index contributed by atoms with van der Waals surface area (Å²) in [6.07, 6.45) is 13.4. The molecule has 0 amide bonds. The van der Waals surface area contributed by atoms with Crippen molar-refractivity contribution in [3.05, 3.63) is 52.7 Å². The number of hydrogen-bond acceptors (Lipinski definition) is 0. The fourth-order valence-electron chi connectivity index (χ4n) is 5.71. The molecule has 1 heteroatoms. The minimum atomic E-state index is 0.326. The van der Waals surface area contributed by atoms with Crippen LogP contribution in [0.3, 0.4) is 0 Å². The number of pyridine rings is 1. The Labute approximate surface area is 172 Å². The van der Waals surface area contributed by atoms with Crippen LogP contribution in [0.4, 0.5) is 0 Å². The lowest BCUT2D eigenvalue weighted by molar-refractivity contribution is -0.660. The van der Waals surface area contributed by atoms with E-state index in [1.54, 1.807) is 11.1 Å². The highest BCUT2D eigenvalue weighted by atomic mass is 14.9. The number of benzene rings is 1. The molecule has 1 fully saturated rings. The minimum absolute atomic E-state index is 0.326. The summed E-state index contributed by atoms with van der Waals surface area (Å²) in [5, 5.41) is 0. The first-order chi connectivity index (χ1) is 13.3. The van der Waals surface area contributed by atoms with Crippen LogP contribution >= 0.6 is 0 Å². The summed E-state index contributed by atoms with van der Waals surface area (Å²) >= 11 is 0. The Morgan fingerprint density at radius 1 is 0.929 bits per heavy atom. The van der Waals surface area contributed by atoms with Gasteiger partial charge in [-0.25, -0.2) is 4.57 Å².